The van der Waals surface area contributed by atoms with Gasteiger partial charge in [-0.1, -0.05) is 33.8 Å². The molecule has 4 aliphatic rings. The zero-order valence-electron chi connectivity index (χ0n) is 20.2. The van der Waals surface area contributed by atoms with Crippen molar-refractivity contribution in [1.29, 1.82) is 0 Å². The van der Waals surface area contributed by atoms with Gasteiger partial charge in [0.15, 0.2) is 0 Å². The van der Waals surface area contributed by atoms with Crippen LogP contribution in [0.3, 0.4) is 0 Å². The largest absolute Gasteiger partial charge is 0.507 e. The average molecular weight is 449 g/mol. The molecule has 4 fully saturated rings. The third kappa shape index (κ3) is 3.53. The fraction of sp³-hybridized carbons (Fsp3) is 0.889. The van der Waals surface area contributed by atoms with Gasteiger partial charge in [0.1, 0.15) is 5.76 Å². The van der Waals surface area contributed by atoms with E-state index in [1.54, 1.807) is 0 Å². The van der Waals surface area contributed by atoms with E-state index in [2.05, 4.69) is 27.4 Å². The van der Waals surface area contributed by atoms with Crippen molar-refractivity contribution in [2.45, 2.75) is 97.2 Å². The summed E-state index contributed by atoms with van der Waals surface area (Å²) in [6, 6.07) is 0. The van der Waals surface area contributed by atoms with Crippen LogP contribution in [0.4, 0.5) is 0 Å². The van der Waals surface area contributed by atoms with Gasteiger partial charge in [-0.05, 0) is 104 Å². The maximum absolute atomic E-state index is 11.1. The van der Waals surface area contributed by atoms with Crippen molar-refractivity contribution >= 4 is 5.97 Å². The third-order valence-corrected chi connectivity index (χ3v) is 11.2. The van der Waals surface area contributed by atoms with Crippen molar-refractivity contribution in [3.05, 3.63) is 12.3 Å². The van der Waals surface area contributed by atoms with Crippen LogP contribution in [0.25, 0.3) is 0 Å². The molecule has 32 heavy (non-hydrogen) atoms. The summed E-state index contributed by atoms with van der Waals surface area (Å²) in [5, 5.41) is 41.1. The summed E-state index contributed by atoms with van der Waals surface area (Å²) in [4.78, 5) is 11.1. The molecule has 0 aromatic carbocycles. The highest BCUT2D eigenvalue weighted by Crippen LogP contribution is 2.70. The second-order valence-electron chi connectivity index (χ2n) is 12.3. The third-order valence-electron chi connectivity index (χ3n) is 11.2. The second kappa shape index (κ2) is 8.30. The summed E-state index contributed by atoms with van der Waals surface area (Å²) < 4.78 is 0. The molecule has 4 N–H and O–H groups in total. The predicted molar refractivity (Wildman–Crippen MR) is 124 cm³/mol. The second-order valence-corrected chi connectivity index (χ2v) is 12.3. The van der Waals surface area contributed by atoms with Crippen molar-refractivity contribution in [2.24, 2.45) is 52.3 Å². The average Bonchev–Trinajstić information content (AvgIpc) is 3.08. The monoisotopic (exact) mass is 448 g/mol. The van der Waals surface area contributed by atoms with E-state index in [1.807, 2.05) is 0 Å². The molecule has 182 valence electrons. The van der Waals surface area contributed by atoms with E-state index in [0.29, 0.717) is 35.5 Å². The summed E-state index contributed by atoms with van der Waals surface area (Å²) in [7, 11) is 0. The molecule has 9 atom stereocenters. The minimum absolute atomic E-state index is 0.204. The molecule has 4 aliphatic carbocycles. The van der Waals surface area contributed by atoms with E-state index in [-0.39, 0.29) is 23.2 Å². The van der Waals surface area contributed by atoms with Crippen LogP contribution >= 0.6 is 0 Å². The number of aliphatic hydroxyl groups is 3. The van der Waals surface area contributed by atoms with Gasteiger partial charge in [0.05, 0.1) is 0 Å². The number of carbonyl (C=O) groups is 1. The van der Waals surface area contributed by atoms with E-state index >= 15 is 0 Å². The lowest BCUT2D eigenvalue weighted by Crippen LogP contribution is -2.61. The molecule has 0 aliphatic heterocycles. The molecule has 5 heteroatoms. The first-order valence-corrected chi connectivity index (χ1v) is 13.0. The van der Waals surface area contributed by atoms with Gasteiger partial charge in [-0.2, -0.15) is 0 Å². The van der Waals surface area contributed by atoms with Crippen molar-refractivity contribution in [3.8, 4) is 0 Å². The van der Waals surface area contributed by atoms with Gasteiger partial charge in [0.2, 0.25) is 5.79 Å². The van der Waals surface area contributed by atoms with Gasteiger partial charge >= 0.3 is 5.97 Å². The summed E-state index contributed by atoms with van der Waals surface area (Å²) in [5.41, 5.74) is 0.0488. The minimum atomic E-state index is -2.22. The fourth-order valence-corrected chi connectivity index (χ4v) is 9.71. The van der Waals surface area contributed by atoms with Crippen molar-refractivity contribution in [3.63, 3.8) is 0 Å². The number of hydrogen-bond donors (Lipinski definition) is 4. The topological polar surface area (TPSA) is 98.0 Å². The van der Waals surface area contributed by atoms with Gasteiger partial charge in [0, 0.05) is 12.3 Å². The lowest BCUT2D eigenvalue weighted by molar-refractivity contribution is -0.260. The first-order valence-electron chi connectivity index (χ1n) is 13.0. The smallest absolute Gasteiger partial charge is 0.303 e. The summed E-state index contributed by atoms with van der Waals surface area (Å²) in [6.07, 6.45) is 10.8. The number of hydrogen-bond acceptors (Lipinski definition) is 4. The highest BCUT2D eigenvalue weighted by molar-refractivity contribution is 5.66. The normalized spacial score (nSPS) is 44.8. The van der Waals surface area contributed by atoms with Crippen LogP contribution in [0.5, 0.6) is 0 Å². The first kappa shape index (κ1) is 24.1. The Morgan fingerprint density at radius 2 is 1.75 bits per heavy atom. The molecule has 4 rings (SSSR count). The van der Waals surface area contributed by atoms with Crippen molar-refractivity contribution < 1.29 is 25.2 Å². The molecule has 0 amide bonds. The molecule has 0 spiro atoms. The highest BCUT2D eigenvalue weighted by Gasteiger charge is 2.64. The number of aliphatic hydroxyl groups excluding tert-OH is 1. The van der Waals surface area contributed by atoms with Gasteiger partial charge in [-0.25, -0.2) is 0 Å². The van der Waals surface area contributed by atoms with Gasteiger partial charge in [-0.15, -0.1) is 0 Å². The molecule has 0 saturated heterocycles. The molecule has 0 bridgehead atoms. The quantitative estimate of drug-likeness (QED) is 0.317. The van der Waals surface area contributed by atoms with E-state index < -0.39 is 17.5 Å². The van der Waals surface area contributed by atoms with Crippen LogP contribution in [0.15, 0.2) is 12.3 Å². The molecule has 4 saturated carbocycles. The number of fused-ring (bicyclic) bond motifs is 5. The Bertz CT molecular complexity index is 746. The Morgan fingerprint density at radius 3 is 2.41 bits per heavy atom. The molecular formula is C27H44O5. The molecule has 0 aromatic heterocycles. The Hall–Kier alpha value is -1.07. The first-order chi connectivity index (χ1) is 14.9. The number of aliphatic carboxylic acids is 1. The fourth-order valence-electron chi connectivity index (χ4n) is 9.71. The van der Waals surface area contributed by atoms with E-state index in [4.69, 9.17) is 5.11 Å². The van der Waals surface area contributed by atoms with Crippen LogP contribution in [0.2, 0.25) is 0 Å². The molecule has 0 heterocycles. The number of rotatable bonds is 6. The standard InChI is InChI=1S/C27H44O5/c1-16(8-13-24(29)30)20-11-12-21-19-10-9-18-6-5-7-23(27(31,32)17(2)28)26(18,4)22(19)14-15-25(20,21)3/h16,18-23,28,31-32H,2,5-15H2,1,3-4H3,(H,29,30)/t16-,18+,19+,20-,21+,22+,23?,25-,26+/m1/s1. The summed E-state index contributed by atoms with van der Waals surface area (Å²) in [5.74, 6) is -0.697. The number of carboxylic acids is 1. The van der Waals surface area contributed by atoms with Gasteiger partial charge in [-0.3, -0.25) is 4.79 Å². The number of carboxylic acid groups (broad SMARTS) is 1. The lowest BCUT2D eigenvalue weighted by atomic mass is 9.41. The Balaban J connectivity index is 1.61. The van der Waals surface area contributed by atoms with Gasteiger partial charge < -0.3 is 20.4 Å². The Labute approximate surface area is 193 Å². The maximum atomic E-state index is 11.1. The van der Waals surface area contributed by atoms with E-state index in [1.165, 1.54) is 19.3 Å². The van der Waals surface area contributed by atoms with Crippen molar-refractivity contribution in [1.82, 2.24) is 0 Å². The molecular weight excluding hydrogens is 404 g/mol. The summed E-state index contributed by atoms with van der Waals surface area (Å²) >= 11 is 0. The van der Waals surface area contributed by atoms with E-state index in [0.717, 1.165) is 44.9 Å². The Kier molecular flexibility index (Phi) is 6.24. The van der Waals surface area contributed by atoms with Crippen LogP contribution in [0.1, 0.15) is 91.4 Å². The Morgan fingerprint density at radius 1 is 1.03 bits per heavy atom. The molecule has 0 radical (unpaired) electrons. The highest BCUT2D eigenvalue weighted by atomic mass is 16.5. The van der Waals surface area contributed by atoms with Crippen LogP contribution in [-0.4, -0.2) is 32.2 Å². The summed E-state index contributed by atoms with van der Waals surface area (Å²) in [6.45, 7) is 10.5. The molecule has 1 unspecified atom stereocenters. The molecule has 5 nitrogen and oxygen atoms in total. The lowest BCUT2D eigenvalue weighted by Gasteiger charge is -2.64. The van der Waals surface area contributed by atoms with Crippen molar-refractivity contribution in [2.75, 3.05) is 0 Å². The SMILES string of the molecule is C=C(O)C(O)(O)C1CCC[C@H]2CC[C@H]3[C@@H]4CC[C@H]([C@H](C)CCC(=O)O)[C@@]4(C)CC[C@@H]3[C@@]12C. The van der Waals surface area contributed by atoms with Gasteiger partial charge in [0.25, 0.3) is 0 Å². The van der Waals surface area contributed by atoms with Crippen LogP contribution in [0, 0.1) is 52.3 Å². The zero-order valence-corrected chi connectivity index (χ0v) is 20.2. The van der Waals surface area contributed by atoms with Crippen LogP contribution < -0.4 is 0 Å². The van der Waals surface area contributed by atoms with E-state index in [9.17, 15) is 20.1 Å². The minimum Gasteiger partial charge on any atom is -0.507 e. The predicted octanol–water partition coefficient (Wildman–Crippen LogP) is 5.52. The molecule has 0 aromatic rings. The maximum Gasteiger partial charge on any atom is 0.303 e. The zero-order chi connectivity index (χ0) is 23.5. The van der Waals surface area contributed by atoms with Crippen LogP contribution in [-0.2, 0) is 4.79 Å².